The second-order valence-corrected chi connectivity index (χ2v) is 6.72. The number of rotatable bonds is 8. The maximum absolute atomic E-state index is 12.5. The van der Waals surface area contributed by atoms with Gasteiger partial charge in [-0.25, -0.2) is 0 Å². The summed E-state index contributed by atoms with van der Waals surface area (Å²) in [7, 11) is 1.60. The van der Waals surface area contributed by atoms with Gasteiger partial charge in [-0.1, -0.05) is 41.4 Å². The number of benzene rings is 2. The number of anilines is 1. The second kappa shape index (κ2) is 10.2. The van der Waals surface area contributed by atoms with Crippen LogP contribution in [0.5, 0.6) is 5.75 Å². The molecule has 0 saturated carbocycles. The molecule has 0 saturated heterocycles. The van der Waals surface area contributed by atoms with Crippen LogP contribution in [-0.2, 0) is 16.0 Å². The zero-order valence-corrected chi connectivity index (χ0v) is 16.8. The Hall–Kier alpha value is -2.24. The number of ether oxygens (including phenoxy) is 1. The molecule has 0 heterocycles. The summed E-state index contributed by atoms with van der Waals surface area (Å²) in [5, 5.41) is 3.37. The SMILES string of the molecule is CCN(CC(=O)Nc1c(Cl)cccc1Cl)C(=O)CCc1cccc(OC)c1. The topological polar surface area (TPSA) is 58.6 Å². The van der Waals surface area contributed by atoms with Gasteiger partial charge < -0.3 is 15.0 Å². The molecule has 0 aliphatic carbocycles. The average Bonchev–Trinajstić information content (AvgIpc) is 2.67. The summed E-state index contributed by atoms with van der Waals surface area (Å²) < 4.78 is 5.19. The smallest absolute Gasteiger partial charge is 0.244 e. The van der Waals surface area contributed by atoms with Gasteiger partial charge >= 0.3 is 0 Å². The zero-order valence-electron chi connectivity index (χ0n) is 15.3. The Morgan fingerprint density at radius 2 is 1.78 bits per heavy atom. The molecule has 27 heavy (non-hydrogen) atoms. The molecule has 2 aromatic carbocycles. The quantitative estimate of drug-likeness (QED) is 0.702. The molecular formula is C20H22Cl2N2O3. The van der Waals surface area contributed by atoms with Crippen LogP contribution in [0, 0.1) is 0 Å². The predicted octanol–water partition coefficient (Wildman–Crippen LogP) is 4.42. The lowest BCUT2D eigenvalue weighted by atomic mass is 10.1. The first kappa shape index (κ1) is 21.1. The highest BCUT2D eigenvalue weighted by Gasteiger charge is 2.17. The molecule has 1 N–H and O–H groups in total. The van der Waals surface area contributed by atoms with Crippen molar-refractivity contribution in [1.29, 1.82) is 0 Å². The third kappa shape index (κ3) is 6.15. The number of aryl methyl sites for hydroxylation is 1. The molecule has 0 unspecified atom stereocenters. The number of nitrogens with one attached hydrogen (secondary N) is 1. The minimum Gasteiger partial charge on any atom is -0.497 e. The second-order valence-electron chi connectivity index (χ2n) is 5.90. The number of hydrogen-bond donors (Lipinski definition) is 1. The first-order valence-corrected chi connectivity index (χ1v) is 9.34. The molecule has 0 spiro atoms. The van der Waals surface area contributed by atoms with Crippen LogP contribution in [-0.4, -0.2) is 36.9 Å². The molecule has 0 aliphatic heterocycles. The highest BCUT2D eigenvalue weighted by molar-refractivity contribution is 6.39. The molecule has 0 aliphatic rings. The van der Waals surface area contributed by atoms with Gasteiger partial charge in [0.05, 0.1) is 29.4 Å². The van der Waals surface area contributed by atoms with Gasteiger partial charge in [-0.2, -0.15) is 0 Å². The van der Waals surface area contributed by atoms with E-state index in [1.807, 2.05) is 31.2 Å². The van der Waals surface area contributed by atoms with Crippen LogP contribution < -0.4 is 10.1 Å². The molecule has 0 atom stereocenters. The van der Waals surface area contributed by atoms with Gasteiger partial charge in [-0.05, 0) is 43.2 Å². The van der Waals surface area contributed by atoms with Crippen molar-refractivity contribution >= 4 is 40.7 Å². The normalized spacial score (nSPS) is 10.4. The fourth-order valence-electron chi connectivity index (χ4n) is 2.58. The van der Waals surface area contributed by atoms with E-state index in [0.717, 1.165) is 11.3 Å². The van der Waals surface area contributed by atoms with Gasteiger partial charge in [0.1, 0.15) is 5.75 Å². The Morgan fingerprint density at radius 3 is 2.41 bits per heavy atom. The molecule has 144 valence electrons. The Balaban J connectivity index is 1.93. The van der Waals surface area contributed by atoms with Crippen molar-refractivity contribution in [2.75, 3.05) is 25.5 Å². The third-order valence-electron chi connectivity index (χ3n) is 4.06. The van der Waals surface area contributed by atoms with E-state index in [9.17, 15) is 9.59 Å². The van der Waals surface area contributed by atoms with Crippen molar-refractivity contribution < 1.29 is 14.3 Å². The van der Waals surface area contributed by atoms with Crippen molar-refractivity contribution in [3.63, 3.8) is 0 Å². The molecular weight excluding hydrogens is 387 g/mol. The highest BCUT2D eigenvalue weighted by Crippen LogP contribution is 2.29. The van der Waals surface area contributed by atoms with E-state index in [0.29, 0.717) is 35.1 Å². The predicted molar refractivity (Wildman–Crippen MR) is 109 cm³/mol. The van der Waals surface area contributed by atoms with Gasteiger partial charge in [-0.3, -0.25) is 9.59 Å². The maximum atomic E-state index is 12.5. The van der Waals surface area contributed by atoms with Crippen LogP contribution in [0.2, 0.25) is 10.0 Å². The molecule has 2 aromatic rings. The third-order valence-corrected chi connectivity index (χ3v) is 4.69. The summed E-state index contributed by atoms with van der Waals surface area (Å²) >= 11 is 12.1. The number of halogens is 2. The fourth-order valence-corrected chi connectivity index (χ4v) is 3.08. The van der Waals surface area contributed by atoms with Crippen molar-refractivity contribution in [1.82, 2.24) is 4.90 Å². The summed E-state index contributed by atoms with van der Waals surface area (Å²) in [5.74, 6) is 0.311. The molecule has 0 radical (unpaired) electrons. The van der Waals surface area contributed by atoms with Crippen LogP contribution in [0.25, 0.3) is 0 Å². The molecule has 0 aromatic heterocycles. The first-order chi connectivity index (χ1) is 12.9. The highest BCUT2D eigenvalue weighted by atomic mass is 35.5. The van der Waals surface area contributed by atoms with Crippen LogP contribution in [0.3, 0.4) is 0 Å². The van der Waals surface area contributed by atoms with Crippen molar-refractivity contribution in [3.8, 4) is 5.75 Å². The lowest BCUT2D eigenvalue weighted by Gasteiger charge is -2.21. The summed E-state index contributed by atoms with van der Waals surface area (Å²) in [6.07, 6.45) is 0.881. The minimum atomic E-state index is -0.346. The number of carbonyl (C=O) groups excluding carboxylic acids is 2. The summed E-state index contributed by atoms with van der Waals surface area (Å²) in [5.41, 5.74) is 1.36. The van der Waals surface area contributed by atoms with Crippen LogP contribution in [0.1, 0.15) is 18.9 Å². The number of hydrogen-bond acceptors (Lipinski definition) is 3. The number of likely N-dealkylation sites (N-methyl/N-ethyl adjacent to an activating group) is 1. The molecule has 0 bridgehead atoms. The summed E-state index contributed by atoms with van der Waals surface area (Å²) in [6, 6.07) is 12.6. The van der Waals surface area contributed by atoms with E-state index in [4.69, 9.17) is 27.9 Å². The van der Waals surface area contributed by atoms with E-state index in [-0.39, 0.29) is 18.4 Å². The van der Waals surface area contributed by atoms with Crippen LogP contribution >= 0.6 is 23.2 Å². The largest absolute Gasteiger partial charge is 0.497 e. The average molecular weight is 409 g/mol. The van der Waals surface area contributed by atoms with Crippen LogP contribution in [0.4, 0.5) is 5.69 Å². The zero-order chi connectivity index (χ0) is 19.8. The maximum Gasteiger partial charge on any atom is 0.244 e. The van der Waals surface area contributed by atoms with E-state index in [2.05, 4.69) is 5.32 Å². The molecule has 5 nitrogen and oxygen atoms in total. The lowest BCUT2D eigenvalue weighted by Crippen LogP contribution is -2.38. The number of nitrogens with zero attached hydrogens (tertiary/aromatic N) is 1. The number of amides is 2. The molecule has 2 rings (SSSR count). The summed E-state index contributed by atoms with van der Waals surface area (Å²) in [4.78, 5) is 26.3. The van der Waals surface area contributed by atoms with Gasteiger partial charge in [-0.15, -0.1) is 0 Å². The van der Waals surface area contributed by atoms with Crippen molar-refractivity contribution in [3.05, 3.63) is 58.1 Å². The Labute approximate surface area is 169 Å². The van der Waals surface area contributed by atoms with Gasteiger partial charge in [0.25, 0.3) is 0 Å². The monoisotopic (exact) mass is 408 g/mol. The van der Waals surface area contributed by atoms with E-state index in [1.165, 1.54) is 4.90 Å². The number of para-hydroxylation sites is 1. The standard InChI is InChI=1S/C20H22Cl2N2O3/c1-3-24(13-18(25)23-20-16(21)8-5-9-17(20)22)19(26)11-10-14-6-4-7-15(12-14)27-2/h4-9,12H,3,10-11,13H2,1-2H3,(H,23,25). The van der Waals surface area contributed by atoms with Crippen molar-refractivity contribution in [2.45, 2.75) is 19.8 Å². The van der Waals surface area contributed by atoms with Gasteiger partial charge in [0.15, 0.2) is 0 Å². The number of carbonyl (C=O) groups is 2. The van der Waals surface area contributed by atoms with Crippen molar-refractivity contribution in [2.24, 2.45) is 0 Å². The Morgan fingerprint density at radius 1 is 1.11 bits per heavy atom. The minimum absolute atomic E-state index is 0.0605. The van der Waals surface area contributed by atoms with Gasteiger partial charge in [0, 0.05) is 13.0 Å². The van der Waals surface area contributed by atoms with E-state index >= 15 is 0 Å². The first-order valence-electron chi connectivity index (χ1n) is 8.59. The van der Waals surface area contributed by atoms with E-state index < -0.39 is 0 Å². The van der Waals surface area contributed by atoms with E-state index in [1.54, 1.807) is 25.3 Å². The fraction of sp³-hybridized carbons (Fsp3) is 0.300. The number of methoxy groups -OCH3 is 1. The lowest BCUT2D eigenvalue weighted by molar-refractivity contribution is -0.134. The molecule has 2 amide bonds. The Kier molecular flexibility index (Phi) is 7.95. The van der Waals surface area contributed by atoms with Crippen LogP contribution in [0.15, 0.2) is 42.5 Å². The molecule has 0 fully saturated rings. The Bertz CT molecular complexity index is 791. The summed E-state index contributed by atoms with van der Waals surface area (Å²) in [6.45, 7) is 2.20. The molecule has 7 heteroatoms. The van der Waals surface area contributed by atoms with Gasteiger partial charge in [0.2, 0.25) is 11.8 Å².